The van der Waals surface area contributed by atoms with Crippen molar-refractivity contribution in [3.8, 4) is 0 Å². The van der Waals surface area contributed by atoms with Crippen LogP contribution < -0.4 is 0 Å². The number of hydrogen-bond donors (Lipinski definition) is 0. The van der Waals surface area contributed by atoms with Gasteiger partial charge in [-0.15, -0.1) is 0 Å². The number of nitrogens with zero attached hydrogens (tertiary/aromatic N) is 2. The van der Waals surface area contributed by atoms with E-state index in [2.05, 4.69) is 9.97 Å². The fourth-order valence-corrected chi connectivity index (χ4v) is 1.27. The Kier molecular flexibility index (Phi) is 2.51. The lowest BCUT2D eigenvalue weighted by molar-refractivity contribution is 0.124. The molecular weight excluding hydrogens is 176 g/mol. The second-order valence-electron chi connectivity index (χ2n) is 2.94. The van der Waals surface area contributed by atoms with Crippen LogP contribution in [0, 0.1) is 0 Å². The molecule has 0 saturated carbocycles. The van der Waals surface area contributed by atoms with E-state index in [0.29, 0.717) is 0 Å². The Morgan fingerprint density at radius 2 is 1.14 bits per heavy atom. The highest BCUT2D eigenvalue weighted by Crippen LogP contribution is 2.20. The number of pyridine rings is 2. The zero-order valence-corrected chi connectivity index (χ0v) is 7.50. The van der Waals surface area contributed by atoms with Gasteiger partial charge >= 0.3 is 0 Å². The van der Waals surface area contributed by atoms with Crippen LogP contribution in [0.2, 0.25) is 0 Å². The monoisotopic (exact) mass is 185 g/mol. The Balaban J connectivity index is 2.30. The Labute approximate surface area is 82.1 Å². The Morgan fingerprint density at radius 3 is 1.50 bits per heavy atom. The summed E-state index contributed by atoms with van der Waals surface area (Å²) in [6.07, 6.45) is 5.66. The fourth-order valence-electron chi connectivity index (χ4n) is 1.27. The van der Waals surface area contributed by atoms with Crippen molar-refractivity contribution in [2.75, 3.05) is 0 Å². The van der Waals surface area contributed by atoms with Gasteiger partial charge in [-0.05, 0) is 35.4 Å². The van der Waals surface area contributed by atoms with Crippen LogP contribution in [0.3, 0.4) is 0 Å². The van der Waals surface area contributed by atoms with Crippen LogP contribution in [-0.2, 0) is 5.11 Å². The molecule has 0 aromatic carbocycles. The largest absolute Gasteiger partial charge is 0.265 e. The van der Waals surface area contributed by atoms with Crippen molar-refractivity contribution in [2.45, 2.75) is 6.10 Å². The summed E-state index contributed by atoms with van der Waals surface area (Å²) >= 11 is 0. The van der Waals surface area contributed by atoms with Crippen molar-refractivity contribution >= 4 is 0 Å². The molecule has 0 N–H and O–H groups in total. The normalized spacial score (nSPS) is 10.4. The Hall–Kier alpha value is -1.74. The molecule has 0 spiro atoms. The smallest absolute Gasteiger partial charge is 0.143 e. The second-order valence-corrected chi connectivity index (χ2v) is 2.94. The molecule has 0 saturated heterocycles. The minimum Gasteiger partial charge on any atom is -0.265 e. The molecule has 2 aromatic rings. The molecule has 2 heterocycles. The zero-order chi connectivity index (χ0) is 9.80. The van der Waals surface area contributed by atoms with Gasteiger partial charge in [0.15, 0.2) is 0 Å². The highest BCUT2D eigenvalue weighted by atomic mass is 16.3. The molecule has 3 heteroatoms. The summed E-state index contributed by atoms with van der Waals surface area (Å²) in [6, 6.07) is 6.94. The molecule has 0 unspecified atom stereocenters. The summed E-state index contributed by atoms with van der Waals surface area (Å²) in [6.45, 7) is 0. The summed E-state index contributed by atoms with van der Waals surface area (Å²) in [7, 11) is 0. The predicted octanol–water partition coefficient (Wildman–Crippen LogP) is 2.00. The zero-order valence-electron chi connectivity index (χ0n) is 7.50. The molecule has 0 atom stereocenters. The van der Waals surface area contributed by atoms with Crippen molar-refractivity contribution in [2.24, 2.45) is 0 Å². The van der Waals surface area contributed by atoms with E-state index in [0.717, 1.165) is 11.1 Å². The van der Waals surface area contributed by atoms with Gasteiger partial charge in [0.25, 0.3) is 0 Å². The molecule has 0 amide bonds. The standard InChI is InChI=1S/C11H9N2O/c14-11(9-1-5-12-6-2-9)10-3-7-13-8-4-10/h1-8,11H. The first kappa shape index (κ1) is 8.84. The highest BCUT2D eigenvalue weighted by Gasteiger charge is 2.10. The van der Waals surface area contributed by atoms with Gasteiger partial charge in [-0.1, -0.05) is 0 Å². The average Bonchev–Trinajstić information content (AvgIpc) is 2.30. The molecule has 0 aliphatic rings. The molecule has 0 aliphatic carbocycles. The van der Waals surface area contributed by atoms with E-state index >= 15 is 0 Å². The number of rotatable bonds is 2. The summed E-state index contributed by atoms with van der Waals surface area (Å²) in [4.78, 5) is 7.74. The first-order chi connectivity index (χ1) is 6.88. The van der Waals surface area contributed by atoms with Crippen molar-refractivity contribution in [3.05, 3.63) is 60.2 Å². The molecule has 2 aromatic heterocycles. The van der Waals surface area contributed by atoms with Gasteiger partial charge in [0.1, 0.15) is 6.10 Å². The third-order valence-electron chi connectivity index (χ3n) is 2.02. The fraction of sp³-hybridized carbons (Fsp3) is 0.0909. The summed E-state index contributed by atoms with van der Waals surface area (Å²) in [5, 5.41) is 11.9. The number of aromatic nitrogens is 2. The van der Waals surface area contributed by atoms with E-state index in [1.165, 1.54) is 0 Å². The van der Waals surface area contributed by atoms with Crippen LogP contribution in [-0.4, -0.2) is 9.97 Å². The van der Waals surface area contributed by atoms with Crippen molar-refractivity contribution in [1.82, 2.24) is 9.97 Å². The Morgan fingerprint density at radius 1 is 0.786 bits per heavy atom. The topological polar surface area (TPSA) is 45.7 Å². The summed E-state index contributed by atoms with van der Waals surface area (Å²) < 4.78 is 0. The van der Waals surface area contributed by atoms with E-state index in [-0.39, 0.29) is 0 Å². The van der Waals surface area contributed by atoms with E-state index in [9.17, 15) is 5.11 Å². The maximum atomic E-state index is 11.9. The first-order valence-electron chi connectivity index (χ1n) is 4.33. The lowest BCUT2D eigenvalue weighted by Gasteiger charge is -2.07. The van der Waals surface area contributed by atoms with Gasteiger partial charge in [0.05, 0.1) is 0 Å². The predicted molar refractivity (Wildman–Crippen MR) is 51.0 cm³/mol. The van der Waals surface area contributed by atoms with Gasteiger partial charge in [0.2, 0.25) is 0 Å². The maximum Gasteiger partial charge on any atom is 0.143 e. The first-order valence-corrected chi connectivity index (χ1v) is 4.33. The quantitative estimate of drug-likeness (QED) is 0.718. The van der Waals surface area contributed by atoms with Crippen LogP contribution in [0.25, 0.3) is 0 Å². The minimum absolute atomic E-state index is 0.728. The molecule has 1 radical (unpaired) electrons. The van der Waals surface area contributed by atoms with Crippen LogP contribution in [0.4, 0.5) is 0 Å². The summed E-state index contributed by atoms with van der Waals surface area (Å²) in [5.41, 5.74) is 1.46. The molecule has 69 valence electrons. The molecule has 3 nitrogen and oxygen atoms in total. The van der Waals surface area contributed by atoms with Crippen LogP contribution in [0.1, 0.15) is 17.2 Å². The van der Waals surface area contributed by atoms with E-state index in [4.69, 9.17) is 0 Å². The molecule has 2 rings (SSSR count). The van der Waals surface area contributed by atoms with Crippen molar-refractivity contribution in [1.29, 1.82) is 0 Å². The van der Waals surface area contributed by atoms with Gasteiger partial charge in [-0.2, -0.15) is 0 Å². The van der Waals surface area contributed by atoms with Gasteiger partial charge in [0, 0.05) is 24.8 Å². The summed E-state index contributed by atoms with van der Waals surface area (Å²) in [5.74, 6) is 0. The van der Waals surface area contributed by atoms with Crippen LogP contribution in [0.15, 0.2) is 49.1 Å². The molecular formula is C11H9N2O. The van der Waals surface area contributed by atoms with E-state index in [1.54, 1.807) is 49.1 Å². The third-order valence-corrected chi connectivity index (χ3v) is 2.02. The maximum absolute atomic E-state index is 11.9. The average molecular weight is 185 g/mol. The Bertz CT molecular complexity index is 349. The second kappa shape index (κ2) is 3.98. The molecule has 0 bridgehead atoms. The highest BCUT2D eigenvalue weighted by molar-refractivity contribution is 5.26. The van der Waals surface area contributed by atoms with Gasteiger partial charge in [-0.25, -0.2) is 5.11 Å². The lowest BCUT2D eigenvalue weighted by Crippen LogP contribution is -1.97. The van der Waals surface area contributed by atoms with Crippen LogP contribution >= 0.6 is 0 Å². The van der Waals surface area contributed by atoms with Crippen LogP contribution in [0.5, 0.6) is 0 Å². The van der Waals surface area contributed by atoms with E-state index in [1.807, 2.05) is 0 Å². The minimum atomic E-state index is -0.846. The number of hydrogen-bond acceptors (Lipinski definition) is 2. The van der Waals surface area contributed by atoms with Gasteiger partial charge < -0.3 is 0 Å². The van der Waals surface area contributed by atoms with Crippen molar-refractivity contribution in [3.63, 3.8) is 0 Å². The van der Waals surface area contributed by atoms with Gasteiger partial charge in [-0.3, -0.25) is 9.97 Å². The van der Waals surface area contributed by atoms with Crippen molar-refractivity contribution < 1.29 is 5.11 Å². The van der Waals surface area contributed by atoms with E-state index < -0.39 is 6.10 Å². The molecule has 0 aliphatic heterocycles. The lowest BCUT2D eigenvalue weighted by atomic mass is 10.0. The third kappa shape index (κ3) is 1.78. The molecule has 14 heavy (non-hydrogen) atoms. The SMILES string of the molecule is [O]C(c1ccncc1)c1ccncc1. The molecule has 0 fully saturated rings.